The predicted octanol–water partition coefficient (Wildman–Crippen LogP) is 2.81. The molecular formula is C20H24N4O2S. The van der Waals surface area contributed by atoms with E-state index in [1.807, 2.05) is 62.4 Å². The molecule has 142 valence electrons. The van der Waals surface area contributed by atoms with E-state index in [2.05, 4.69) is 10.9 Å². The number of carbonyl (C=O) groups excluding carboxylic acids is 2. The Balaban J connectivity index is 1.69. The fourth-order valence-corrected chi connectivity index (χ4v) is 4.02. The molecule has 1 aliphatic heterocycles. The molecule has 1 aliphatic rings. The molecule has 3 rings (SSSR count). The molecule has 1 atom stereocenters. The lowest BCUT2D eigenvalue weighted by molar-refractivity contribution is -0.124. The highest BCUT2D eigenvalue weighted by Gasteiger charge is 2.27. The summed E-state index contributed by atoms with van der Waals surface area (Å²) in [5.74, 6) is -0.148. The number of anilines is 2. The van der Waals surface area contributed by atoms with Crippen LogP contribution in [-0.2, 0) is 9.59 Å². The van der Waals surface area contributed by atoms with Gasteiger partial charge < -0.3 is 5.73 Å². The largest absolute Gasteiger partial charge is 0.320 e. The van der Waals surface area contributed by atoms with Gasteiger partial charge in [0.25, 0.3) is 5.91 Å². The zero-order chi connectivity index (χ0) is 19.4. The number of fused-ring (bicyclic) bond motifs is 2. The van der Waals surface area contributed by atoms with E-state index in [0.717, 1.165) is 21.2 Å². The monoisotopic (exact) mass is 384 g/mol. The van der Waals surface area contributed by atoms with Crippen LogP contribution in [-0.4, -0.2) is 24.4 Å². The van der Waals surface area contributed by atoms with E-state index in [1.54, 1.807) is 16.7 Å². The molecule has 2 amide bonds. The topological polar surface area (TPSA) is 87.5 Å². The average Bonchev–Trinajstić information content (AvgIpc) is 2.65. The third-order valence-corrected chi connectivity index (χ3v) is 5.33. The molecule has 2 aromatic carbocycles. The van der Waals surface area contributed by atoms with Gasteiger partial charge in [0.2, 0.25) is 5.91 Å². The van der Waals surface area contributed by atoms with E-state index < -0.39 is 6.04 Å². The molecule has 0 spiro atoms. The SMILES string of the molecule is CC(C)C[C@H](N)C(=O)NNCC(=O)N1c2ccccc2Sc2ccccc21. The van der Waals surface area contributed by atoms with Crippen molar-refractivity contribution in [3.05, 3.63) is 48.5 Å². The average molecular weight is 385 g/mol. The Bertz CT molecular complexity index is 795. The summed E-state index contributed by atoms with van der Waals surface area (Å²) in [6.45, 7) is 3.98. The van der Waals surface area contributed by atoms with E-state index in [0.29, 0.717) is 12.3 Å². The quantitative estimate of drug-likeness (QED) is 0.667. The Morgan fingerprint density at radius 1 is 1.04 bits per heavy atom. The number of amides is 2. The van der Waals surface area contributed by atoms with Gasteiger partial charge in [0, 0.05) is 9.79 Å². The third kappa shape index (κ3) is 4.50. The minimum atomic E-state index is -0.597. The van der Waals surface area contributed by atoms with Crippen molar-refractivity contribution >= 4 is 35.0 Å². The van der Waals surface area contributed by atoms with Crippen LogP contribution in [0.15, 0.2) is 58.3 Å². The van der Waals surface area contributed by atoms with E-state index >= 15 is 0 Å². The van der Waals surface area contributed by atoms with E-state index in [-0.39, 0.29) is 18.4 Å². The summed E-state index contributed by atoms with van der Waals surface area (Å²) < 4.78 is 0. The lowest BCUT2D eigenvalue weighted by Crippen LogP contribution is -2.50. The van der Waals surface area contributed by atoms with Gasteiger partial charge in [-0.2, -0.15) is 0 Å². The molecule has 1 heterocycles. The maximum atomic E-state index is 12.9. The first-order valence-electron chi connectivity index (χ1n) is 8.94. The van der Waals surface area contributed by atoms with Gasteiger partial charge in [-0.15, -0.1) is 0 Å². The van der Waals surface area contributed by atoms with Crippen molar-refractivity contribution in [1.82, 2.24) is 10.9 Å². The van der Waals surface area contributed by atoms with E-state index in [1.165, 1.54) is 0 Å². The Labute approximate surface area is 163 Å². The third-order valence-electron chi connectivity index (χ3n) is 4.19. The van der Waals surface area contributed by atoms with E-state index in [4.69, 9.17) is 5.73 Å². The molecule has 0 bridgehead atoms. The van der Waals surface area contributed by atoms with Gasteiger partial charge in [-0.25, -0.2) is 5.43 Å². The van der Waals surface area contributed by atoms with Gasteiger partial charge >= 0.3 is 0 Å². The summed E-state index contributed by atoms with van der Waals surface area (Å²) in [6, 6.07) is 15.0. The molecule has 0 unspecified atom stereocenters. The first kappa shape index (κ1) is 19.4. The molecular weight excluding hydrogens is 360 g/mol. The van der Waals surface area contributed by atoms with Crippen molar-refractivity contribution in [3.8, 4) is 0 Å². The minimum absolute atomic E-state index is 0.0343. The molecule has 7 heteroatoms. The number of rotatable bonds is 6. The first-order valence-corrected chi connectivity index (χ1v) is 9.76. The number of nitrogens with two attached hydrogens (primary N) is 1. The molecule has 0 fully saturated rings. The fourth-order valence-electron chi connectivity index (χ4n) is 2.97. The predicted molar refractivity (Wildman–Crippen MR) is 108 cm³/mol. The van der Waals surface area contributed by atoms with Crippen LogP contribution in [0, 0.1) is 5.92 Å². The smallest absolute Gasteiger partial charge is 0.251 e. The number of hydrogen-bond acceptors (Lipinski definition) is 5. The lowest BCUT2D eigenvalue weighted by atomic mass is 10.0. The summed E-state index contributed by atoms with van der Waals surface area (Å²) >= 11 is 1.64. The Kier molecular flexibility index (Phi) is 6.15. The Morgan fingerprint density at radius 3 is 2.15 bits per heavy atom. The molecule has 0 saturated carbocycles. The van der Waals surface area contributed by atoms with Crippen molar-refractivity contribution in [2.45, 2.75) is 36.1 Å². The first-order chi connectivity index (χ1) is 13.0. The number of benzene rings is 2. The standard InChI is InChI=1S/C20H24N4O2S/c1-13(2)11-14(21)20(26)23-22-12-19(25)24-15-7-3-5-9-17(15)27-18-10-6-4-8-16(18)24/h3-10,13-14,22H,11-12,21H2,1-2H3,(H,23,26)/t14-/m0/s1. The second-order valence-corrected chi connectivity index (χ2v) is 7.93. The molecule has 0 radical (unpaired) electrons. The Morgan fingerprint density at radius 2 is 1.59 bits per heavy atom. The number of para-hydroxylation sites is 2. The zero-order valence-corrected chi connectivity index (χ0v) is 16.3. The Hall–Kier alpha value is -2.35. The maximum absolute atomic E-state index is 12.9. The second kappa shape index (κ2) is 8.56. The van der Waals surface area contributed by atoms with Crippen LogP contribution in [0.5, 0.6) is 0 Å². The minimum Gasteiger partial charge on any atom is -0.320 e. The molecule has 0 saturated heterocycles. The van der Waals surface area contributed by atoms with Crippen LogP contribution in [0.3, 0.4) is 0 Å². The highest BCUT2D eigenvalue weighted by Crippen LogP contribution is 2.47. The van der Waals surface area contributed by atoms with Crippen LogP contribution < -0.4 is 21.5 Å². The van der Waals surface area contributed by atoms with Crippen LogP contribution in [0.2, 0.25) is 0 Å². The van der Waals surface area contributed by atoms with Crippen LogP contribution in [0.25, 0.3) is 0 Å². The highest BCUT2D eigenvalue weighted by atomic mass is 32.2. The van der Waals surface area contributed by atoms with Crippen LogP contribution >= 0.6 is 11.8 Å². The van der Waals surface area contributed by atoms with Gasteiger partial charge in [0.05, 0.1) is 24.0 Å². The van der Waals surface area contributed by atoms with Crippen molar-refractivity contribution in [2.24, 2.45) is 11.7 Å². The number of hydrazine groups is 1. The number of carbonyl (C=O) groups is 2. The number of nitrogens with zero attached hydrogens (tertiary/aromatic N) is 1. The molecule has 2 aromatic rings. The van der Waals surface area contributed by atoms with Gasteiger partial charge in [-0.3, -0.25) is 19.9 Å². The van der Waals surface area contributed by atoms with Crippen molar-refractivity contribution in [2.75, 3.05) is 11.4 Å². The molecule has 27 heavy (non-hydrogen) atoms. The highest BCUT2D eigenvalue weighted by molar-refractivity contribution is 7.99. The maximum Gasteiger partial charge on any atom is 0.251 e. The molecule has 0 aromatic heterocycles. The summed E-state index contributed by atoms with van der Waals surface area (Å²) in [5.41, 5.74) is 12.8. The molecule has 4 N–H and O–H groups in total. The van der Waals surface area contributed by atoms with Gasteiger partial charge in [0.1, 0.15) is 0 Å². The fraction of sp³-hybridized carbons (Fsp3) is 0.300. The number of nitrogens with one attached hydrogen (secondary N) is 2. The van der Waals surface area contributed by atoms with Crippen molar-refractivity contribution in [1.29, 1.82) is 0 Å². The summed E-state index contributed by atoms with van der Waals surface area (Å²) in [6.07, 6.45) is 0.589. The summed E-state index contributed by atoms with van der Waals surface area (Å²) in [5, 5.41) is 0. The van der Waals surface area contributed by atoms with Gasteiger partial charge in [0.15, 0.2) is 0 Å². The number of hydrogen-bond donors (Lipinski definition) is 3. The van der Waals surface area contributed by atoms with Crippen LogP contribution in [0.1, 0.15) is 20.3 Å². The summed E-state index contributed by atoms with van der Waals surface area (Å²) in [4.78, 5) is 28.7. The zero-order valence-electron chi connectivity index (χ0n) is 15.4. The lowest BCUT2D eigenvalue weighted by Gasteiger charge is -2.31. The van der Waals surface area contributed by atoms with Crippen LogP contribution in [0.4, 0.5) is 11.4 Å². The molecule has 0 aliphatic carbocycles. The van der Waals surface area contributed by atoms with E-state index in [9.17, 15) is 9.59 Å². The molecule has 6 nitrogen and oxygen atoms in total. The van der Waals surface area contributed by atoms with Crippen molar-refractivity contribution < 1.29 is 9.59 Å². The van der Waals surface area contributed by atoms with Crippen molar-refractivity contribution in [3.63, 3.8) is 0 Å². The summed E-state index contributed by atoms with van der Waals surface area (Å²) in [7, 11) is 0. The van der Waals surface area contributed by atoms with Gasteiger partial charge in [-0.1, -0.05) is 49.9 Å². The second-order valence-electron chi connectivity index (χ2n) is 6.85. The van der Waals surface area contributed by atoms with Gasteiger partial charge in [-0.05, 0) is 36.6 Å². The normalized spacial score (nSPS) is 13.7.